The van der Waals surface area contributed by atoms with Gasteiger partial charge in [-0.2, -0.15) is 14.6 Å². The Morgan fingerprint density at radius 1 is 1.23 bits per heavy atom. The number of carbonyl (C=O) groups is 1. The zero-order chi connectivity index (χ0) is 18.3. The highest BCUT2D eigenvalue weighted by molar-refractivity contribution is 6.00. The summed E-state index contributed by atoms with van der Waals surface area (Å²) in [5.74, 6) is 1.87. The normalized spacial score (nSPS) is 14.2. The number of β-lactam (4-membered cyclic amide) rings is 1. The fourth-order valence-electron chi connectivity index (χ4n) is 3.19. The van der Waals surface area contributed by atoms with E-state index in [0.29, 0.717) is 30.7 Å². The molecule has 3 heterocycles. The summed E-state index contributed by atoms with van der Waals surface area (Å²) < 4.78 is 1.75. The van der Waals surface area contributed by atoms with Crippen LogP contribution < -0.4 is 10.2 Å². The Morgan fingerprint density at radius 3 is 2.73 bits per heavy atom. The van der Waals surface area contributed by atoms with E-state index in [1.807, 2.05) is 42.3 Å². The van der Waals surface area contributed by atoms with Gasteiger partial charge in [0.05, 0.1) is 6.20 Å². The van der Waals surface area contributed by atoms with E-state index in [9.17, 15) is 4.79 Å². The average Bonchev–Trinajstić information content (AvgIpc) is 3.03. The second-order valence-corrected chi connectivity index (χ2v) is 6.86. The number of nitrogens with zero attached hydrogens (tertiary/aromatic N) is 5. The molecule has 7 nitrogen and oxygen atoms in total. The van der Waals surface area contributed by atoms with Crippen LogP contribution in [0.2, 0.25) is 0 Å². The largest absolute Gasteiger partial charge is 0.350 e. The van der Waals surface area contributed by atoms with Crippen LogP contribution in [0.25, 0.3) is 5.65 Å². The number of fused-ring (bicyclic) bond motifs is 1. The number of benzene rings is 1. The molecule has 0 unspecified atom stereocenters. The van der Waals surface area contributed by atoms with Crippen LogP contribution >= 0.6 is 0 Å². The zero-order valence-electron chi connectivity index (χ0n) is 15.2. The van der Waals surface area contributed by atoms with Gasteiger partial charge in [-0.1, -0.05) is 32.0 Å². The standard InChI is InChI=1S/C19H22N6O/c1-12(2)15-11-21-25-18(15)22-13(3)23-19(25)20-10-14-6-4-5-7-16(14)24-9-8-17(24)26/h4-7,11-12H,8-10H2,1-3H3,(H,20,22,23). The van der Waals surface area contributed by atoms with Crippen LogP contribution in [0.3, 0.4) is 0 Å². The first kappa shape index (κ1) is 16.5. The third-order valence-electron chi connectivity index (χ3n) is 4.70. The lowest BCUT2D eigenvalue weighted by atomic mass is 10.1. The van der Waals surface area contributed by atoms with E-state index in [4.69, 9.17) is 0 Å². The third kappa shape index (κ3) is 2.79. The molecule has 1 amide bonds. The van der Waals surface area contributed by atoms with Crippen molar-refractivity contribution < 1.29 is 4.79 Å². The monoisotopic (exact) mass is 350 g/mol. The molecule has 3 aromatic rings. The van der Waals surface area contributed by atoms with Gasteiger partial charge >= 0.3 is 0 Å². The number of anilines is 2. The smallest absolute Gasteiger partial charge is 0.228 e. The number of aryl methyl sites for hydroxylation is 1. The second kappa shape index (κ2) is 6.40. The molecule has 1 aromatic carbocycles. The quantitative estimate of drug-likeness (QED) is 0.716. The molecule has 0 bridgehead atoms. The Hall–Kier alpha value is -2.96. The number of hydrogen-bond acceptors (Lipinski definition) is 5. The summed E-state index contributed by atoms with van der Waals surface area (Å²) in [6.07, 6.45) is 2.48. The number of rotatable bonds is 5. The molecule has 0 radical (unpaired) electrons. The van der Waals surface area contributed by atoms with Crippen LogP contribution in [-0.2, 0) is 11.3 Å². The molecule has 0 spiro atoms. The highest BCUT2D eigenvalue weighted by Crippen LogP contribution is 2.27. The van der Waals surface area contributed by atoms with Crippen molar-refractivity contribution in [1.82, 2.24) is 19.6 Å². The average molecular weight is 350 g/mol. The zero-order valence-corrected chi connectivity index (χ0v) is 15.2. The summed E-state index contributed by atoms with van der Waals surface area (Å²) in [6.45, 7) is 7.48. The minimum absolute atomic E-state index is 0.173. The van der Waals surface area contributed by atoms with E-state index in [2.05, 4.69) is 34.2 Å². The summed E-state index contributed by atoms with van der Waals surface area (Å²) in [7, 11) is 0. The Balaban J connectivity index is 1.64. The van der Waals surface area contributed by atoms with Gasteiger partial charge in [-0.3, -0.25) is 4.79 Å². The van der Waals surface area contributed by atoms with Crippen molar-refractivity contribution >= 4 is 23.2 Å². The lowest BCUT2D eigenvalue weighted by Gasteiger charge is -2.32. The molecule has 2 aromatic heterocycles. The van der Waals surface area contributed by atoms with Crippen molar-refractivity contribution in [1.29, 1.82) is 0 Å². The first-order valence-electron chi connectivity index (χ1n) is 8.89. The minimum atomic E-state index is 0.173. The molecular formula is C19H22N6O. The molecular weight excluding hydrogens is 328 g/mol. The Bertz CT molecular complexity index is 977. The van der Waals surface area contributed by atoms with Crippen molar-refractivity contribution in [2.75, 3.05) is 16.8 Å². The van der Waals surface area contributed by atoms with Crippen molar-refractivity contribution in [3.05, 3.63) is 47.4 Å². The van der Waals surface area contributed by atoms with Gasteiger partial charge in [0.15, 0.2) is 5.65 Å². The van der Waals surface area contributed by atoms with Crippen molar-refractivity contribution in [3.8, 4) is 0 Å². The van der Waals surface area contributed by atoms with Gasteiger partial charge in [-0.05, 0) is 24.5 Å². The maximum Gasteiger partial charge on any atom is 0.228 e. The summed E-state index contributed by atoms with van der Waals surface area (Å²) in [5.41, 5.74) is 3.95. The topological polar surface area (TPSA) is 75.4 Å². The van der Waals surface area contributed by atoms with Crippen LogP contribution in [0.4, 0.5) is 11.6 Å². The maximum atomic E-state index is 11.8. The van der Waals surface area contributed by atoms with E-state index in [0.717, 1.165) is 29.0 Å². The number of amides is 1. The van der Waals surface area contributed by atoms with Crippen molar-refractivity contribution in [2.24, 2.45) is 0 Å². The van der Waals surface area contributed by atoms with E-state index in [1.165, 1.54) is 0 Å². The van der Waals surface area contributed by atoms with Crippen LogP contribution in [0, 0.1) is 6.92 Å². The van der Waals surface area contributed by atoms with Crippen molar-refractivity contribution in [2.45, 2.75) is 39.7 Å². The molecule has 4 rings (SSSR count). The highest BCUT2D eigenvalue weighted by Gasteiger charge is 2.26. The molecule has 26 heavy (non-hydrogen) atoms. The van der Waals surface area contributed by atoms with Crippen LogP contribution in [0.15, 0.2) is 30.5 Å². The molecule has 0 saturated carbocycles. The lowest BCUT2D eigenvalue weighted by molar-refractivity contribution is -0.122. The van der Waals surface area contributed by atoms with Gasteiger partial charge in [0.2, 0.25) is 11.9 Å². The molecule has 7 heteroatoms. The molecule has 1 fully saturated rings. The van der Waals surface area contributed by atoms with E-state index in [-0.39, 0.29) is 5.91 Å². The Morgan fingerprint density at radius 2 is 2.04 bits per heavy atom. The van der Waals surface area contributed by atoms with Crippen LogP contribution in [-0.4, -0.2) is 32.0 Å². The SMILES string of the molecule is Cc1nc(NCc2ccccc2N2CCC2=O)n2ncc(C(C)C)c2n1. The predicted molar refractivity (Wildman–Crippen MR) is 100 cm³/mol. The van der Waals surface area contributed by atoms with Crippen molar-refractivity contribution in [3.63, 3.8) is 0 Å². The van der Waals surface area contributed by atoms with Gasteiger partial charge in [-0.15, -0.1) is 0 Å². The summed E-state index contributed by atoms with van der Waals surface area (Å²) in [6, 6.07) is 7.96. The third-order valence-corrected chi connectivity index (χ3v) is 4.70. The summed E-state index contributed by atoms with van der Waals surface area (Å²) >= 11 is 0. The molecule has 1 N–H and O–H groups in total. The van der Waals surface area contributed by atoms with Crippen LogP contribution in [0.1, 0.15) is 43.1 Å². The first-order chi connectivity index (χ1) is 12.5. The minimum Gasteiger partial charge on any atom is -0.350 e. The van der Waals surface area contributed by atoms with Gasteiger partial charge in [0.1, 0.15) is 5.82 Å². The van der Waals surface area contributed by atoms with Gasteiger partial charge in [-0.25, -0.2) is 4.98 Å². The van der Waals surface area contributed by atoms with Crippen LogP contribution in [0.5, 0.6) is 0 Å². The molecule has 1 aliphatic heterocycles. The van der Waals surface area contributed by atoms with Gasteiger partial charge < -0.3 is 10.2 Å². The number of aromatic nitrogens is 4. The molecule has 0 aliphatic carbocycles. The number of nitrogens with one attached hydrogen (secondary N) is 1. The van der Waals surface area contributed by atoms with Gasteiger partial charge in [0, 0.05) is 30.8 Å². The second-order valence-electron chi connectivity index (χ2n) is 6.86. The molecule has 134 valence electrons. The maximum absolute atomic E-state index is 11.8. The molecule has 1 saturated heterocycles. The van der Waals surface area contributed by atoms with Gasteiger partial charge in [0.25, 0.3) is 0 Å². The Kier molecular flexibility index (Phi) is 4.06. The number of para-hydroxylation sites is 1. The number of carbonyl (C=O) groups excluding carboxylic acids is 1. The summed E-state index contributed by atoms with van der Waals surface area (Å²) in [4.78, 5) is 22.7. The van der Waals surface area contributed by atoms with E-state index < -0.39 is 0 Å². The lowest BCUT2D eigenvalue weighted by Crippen LogP contribution is -2.44. The van der Waals surface area contributed by atoms with E-state index >= 15 is 0 Å². The molecule has 0 atom stereocenters. The fraction of sp³-hybridized carbons (Fsp3) is 0.368. The van der Waals surface area contributed by atoms with E-state index in [1.54, 1.807) is 4.52 Å². The highest BCUT2D eigenvalue weighted by atomic mass is 16.2. The number of hydrogen-bond donors (Lipinski definition) is 1. The summed E-state index contributed by atoms with van der Waals surface area (Å²) in [5, 5.41) is 7.82. The fourth-order valence-corrected chi connectivity index (χ4v) is 3.19. The predicted octanol–water partition coefficient (Wildman–Crippen LogP) is 2.90. The first-order valence-corrected chi connectivity index (χ1v) is 8.89. The molecule has 1 aliphatic rings. The Labute approximate surface area is 152 Å².